The molecule has 1 amide bonds. The molecule has 0 bridgehead atoms. The number of nitrogens with zero attached hydrogens (tertiary/aromatic N) is 1. The molecule has 0 spiro atoms. The molecule has 0 saturated heterocycles. The van der Waals surface area contributed by atoms with Crippen LogP contribution in [0.1, 0.15) is 32.8 Å². The van der Waals surface area contributed by atoms with Crippen molar-refractivity contribution in [3.05, 3.63) is 87.2 Å². The van der Waals surface area contributed by atoms with Gasteiger partial charge in [-0.2, -0.15) is 0 Å². The van der Waals surface area contributed by atoms with E-state index in [1.54, 1.807) is 49.7 Å². The van der Waals surface area contributed by atoms with Crippen molar-refractivity contribution in [3.63, 3.8) is 0 Å². The Labute approximate surface area is 171 Å². The summed E-state index contributed by atoms with van der Waals surface area (Å²) >= 11 is 1.26. The number of aliphatic hydroxyl groups excluding tert-OH is 1. The number of aryl methyl sites for hydroxylation is 1. The van der Waals surface area contributed by atoms with Gasteiger partial charge in [0.05, 0.1) is 24.1 Å². The van der Waals surface area contributed by atoms with Gasteiger partial charge in [-0.25, -0.2) is 0 Å². The molecule has 1 aliphatic rings. The van der Waals surface area contributed by atoms with Crippen LogP contribution in [0.25, 0.3) is 0 Å². The standard InChI is InChI=1S/C22H19NO5S/c1-13-9-10-16(28-13)19-18(20(24)17-8-5-11-29-17)21(25)22(26)23(19)12-14-6-3-4-7-15(14)27-2/h3-11,19,25H,12H2,1-2H3. The Morgan fingerprint density at radius 2 is 2.00 bits per heavy atom. The summed E-state index contributed by atoms with van der Waals surface area (Å²) in [6.45, 7) is 1.94. The van der Waals surface area contributed by atoms with Crippen LogP contribution in [0.2, 0.25) is 0 Å². The van der Waals surface area contributed by atoms with E-state index in [4.69, 9.17) is 9.15 Å². The molecule has 3 aromatic rings. The molecule has 0 radical (unpaired) electrons. The van der Waals surface area contributed by atoms with Gasteiger partial charge in [0.25, 0.3) is 5.91 Å². The van der Waals surface area contributed by atoms with Crippen LogP contribution in [-0.2, 0) is 11.3 Å². The second kappa shape index (κ2) is 7.60. The highest BCUT2D eigenvalue weighted by molar-refractivity contribution is 7.12. The first-order valence-electron chi connectivity index (χ1n) is 9.01. The lowest BCUT2D eigenvalue weighted by molar-refractivity contribution is -0.130. The third-order valence-electron chi connectivity index (χ3n) is 4.86. The molecule has 1 aliphatic heterocycles. The zero-order valence-electron chi connectivity index (χ0n) is 15.9. The van der Waals surface area contributed by atoms with Gasteiger partial charge in [-0.3, -0.25) is 9.59 Å². The van der Waals surface area contributed by atoms with Crippen LogP contribution in [0.4, 0.5) is 0 Å². The average molecular weight is 409 g/mol. The SMILES string of the molecule is COc1ccccc1CN1C(=O)C(O)=C(C(=O)c2cccs2)C1c1ccc(C)o1. The molecular formula is C22H19NO5S. The summed E-state index contributed by atoms with van der Waals surface area (Å²) in [5.41, 5.74) is 0.788. The van der Waals surface area contributed by atoms with E-state index in [1.165, 1.54) is 16.2 Å². The number of rotatable bonds is 6. The number of amides is 1. The van der Waals surface area contributed by atoms with E-state index in [0.29, 0.717) is 22.1 Å². The van der Waals surface area contributed by atoms with E-state index in [-0.39, 0.29) is 17.9 Å². The third-order valence-corrected chi connectivity index (χ3v) is 5.73. The lowest BCUT2D eigenvalue weighted by Gasteiger charge is -2.25. The van der Waals surface area contributed by atoms with E-state index in [9.17, 15) is 14.7 Å². The van der Waals surface area contributed by atoms with Gasteiger partial charge in [-0.15, -0.1) is 11.3 Å². The number of furan rings is 1. The summed E-state index contributed by atoms with van der Waals surface area (Å²) in [4.78, 5) is 28.0. The summed E-state index contributed by atoms with van der Waals surface area (Å²) in [5, 5.41) is 12.4. The number of thiophene rings is 1. The topological polar surface area (TPSA) is 80.0 Å². The van der Waals surface area contributed by atoms with Crippen LogP contribution in [0, 0.1) is 6.92 Å². The first-order chi connectivity index (χ1) is 14.0. The highest BCUT2D eigenvalue weighted by Gasteiger charge is 2.45. The zero-order chi connectivity index (χ0) is 20.5. The predicted molar refractivity (Wildman–Crippen MR) is 108 cm³/mol. The van der Waals surface area contributed by atoms with Gasteiger partial charge in [0.1, 0.15) is 23.3 Å². The number of hydrogen-bond donors (Lipinski definition) is 1. The molecule has 7 heteroatoms. The van der Waals surface area contributed by atoms with Crippen molar-refractivity contribution in [2.45, 2.75) is 19.5 Å². The second-order valence-corrected chi connectivity index (χ2v) is 7.61. The number of benzene rings is 1. The van der Waals surface area contributed by atoms with Crippen LogP contribution in [0.15, 0.2) is 69.7 Å². The molecule has 6 nitrogen and oxygen atoms in total. The second-order valence-electron chi connectivity index (χ2n) is 6.66. The maximum Gasteiger partial charge on any atom is 0.290 e. The Morgan fingerprint density at radius 1 is 1.21 bits per heavy atom. The van der Waals surface area contributed by atoms with Gasteiger partial charge < -0.3 is 19.2 Å². The molecule has 0 saturated carbocycles. The Hall–Kier alpha value is -3.32. The number of aliphatic hydroxyl groups is 1. The van der Waals surface area contributed by atoms with E-state index in [0.717, 1.165) is 5.56 Å². The summed E-state index contributed by atoms with van der Waals surface area (Å²) in [5.74, 6) is 0.153. The highest BCUT2D eigenvalue weighted by Crippen LogP contribution is 2.41. The zero-order valence-corrected chi connectivity index (χ0v) is 16.7. The number of hydrogen-bond acceptors (Lipinski definition) is 6. The van der Waals surface area contributed by atoms with Crippen molar-refractivity contribution in [2.75, 3.05) is 7.11 Å². The maximum atomic E-state index is 13.1. The number of carbonyl (C=O) groups is 2. The van der Waals surface area contributed by atoms with Gasteiger partial charge in [0, 0.05) is 5.56 Å². The van der Waals surface area contributed by atoms with Crippen molar-refractivity contribution in [2.24, 2.45) is 0 Å². The lowest BCUT2D eigenvalue weighted by Crippen LogP contribution is -2.30. The molecule has 148 valence electrons. The molecule has 0 fully saturated rings. The summed E-state index contributed by atoms with van der Waals surface area (Å²) in [6.07, 6.45) is 0. The first kappa shape index (κ1) is 19.0. The van der Waals surface area contributed by atoms with Crippen molar-refractivity contribution in [3.8, 4) is 5.75 Å². The molecule has 1 atom stereocenters. The minimum Gasteiger partial charge on any atom is -0.503 e. The van der Waals surface area contributed by atoms with Gasteiger partial charge >= 0.3 is 0 Å². The van der Waals surface area contributed by atoms with Crippen LogP contribution in [0.5, 0.6) is 5.75 Å². The minimum absolute atomic E-state index is 0.0293. The Kier molecular flexibility index (Phi) is 4.98. The highest BCUT2D eigenvalue weighted by atomic mass is 32.1. The van der Waals surface area contributed by atoms with E-state index >= 15 is 0 Å². The van der Waals surface area contributed by atoms with Crippen LogP contribution >= 0.6 is 11.3 Å². The quantitative estimate of drug-likeness (QED) is 0.609. The smallest absolute Gasteiger partial charge is 0.290 e. The summed E-state index contributed by atoms with van der Waals surface area (Å²) in [6, 6.07) is 13.4. The molecule has 1 unspecified atom stereocenters. The number of Topliss-reactive ketones (excluding diaryl/α,β-unsaturated/α-hetero) is 1. The fourth-order valence-corrected chi connectivity index (χ4v) is 4.18. The van der Waals surface area contributed by atoms with Gasteiger partial charge in [-0.05, 0) is 36.6 Å². The fourth-order valence-electron chi connectivity index (χ4n) is 3.50. The number of carbonyl (C=O) groups excluding carboxylic acids is 2. The number of ether oxygens (including phenoxy) is 1. The van der Waals surface area contributed by atoms with Crippen LogP contribution in [-0.4, -0.2) is 28.8 Å². The summed E-state index contributed by atoms with van der Waals surface area (Å²) in [7, 11) is 1.56. The molecule has 29 heavy (non-hydrogen) atoms. The van der Waals surface area contributed by atoms with Crippen LogP contribution in [0.3, 0.4) is 0 Å². The monoisotopic (exact) mass is 409 g/mol. The Balaban J connectivity index is 1.79. The lowest BCUT2D eigenvalue weighted by atomic mass is 10.00. The van der Waals surface area contributed by atoms with E-state index in [1.807, 2.05) is 18.2 Å². The first-order valence-corrected chi connectivity index (χ1v) is 9.89. The number of ketones is 1. The number of para-hydroxylation sites is 1. The average Bonchev–Trinajstić information content (AvgIpc) is 3.45. The minimum atomic E-state index is -0.823. The maximum absolute atomic E-state index is 13.1. The van der Waals surface area contributed by atoms with Gasteiger partial charge in [0.15, 0.2) is 5.76 Å². The van der Waals surface area contributed by atoms with Crippen molar-refractivity contribution >= 4 is 23.0 Å². The third kappa shape index (κ3) is 3.34. The molecule has 3 heterocycles. The summed E-state index contributed by atoms with van der Waals surface area (Å²) < 4.78 is 11.2. The molecule has 0 aliphatic carbocycles. The predicted octanol–water partition coefficient (Wildman–Crippen LogP) is 4.44. The largest absolute Gasteiger partial charge is 0.503 e. The van der Waals surface area contributed by atoms with E-state index < -0.39 is 17.7 Å². The van der Waals surface area contributed by atoms with E-state index in [2.05, 4.69) is 0 Å². The van der Waals surface area contributed by atoms with Gasteiger partial charge in [-0.1, -0.05) is 24.3 Å². The van der Waals surface area contributed by atoms with Crippen molar-refractivity contribution in [1.82, 2.24) is 4.90 Å². The van der Waals surface area contributed by atoms with Crippen molar-refractivity contribution in [1.29, 1.82) is 0 Å². The molecule has 1 N–H and O–H groups in total. The molecule has 1 aromatic carbocycles. The molecular weight excluding hydrogens is 390 g/mol. The molecule has 2 aromatic heterocycles. The van der Waals surface area contributed by atoms with Gasteiger partial charge in [0.2, 0.25) is 5.78 Å². The van der Waals surface area contributed by atoms with Crippen molar-refractivity contribution < 1.29 is 23.8 Å². The fraction of sp³-hybridized carbons (Fsp3) is 0.182. The number of methoxy groups -OCH3 is 1. The Morgan fingerprint density at radius 3 is 2.66 bits per heavy atom. The van der Waals surface area contributed by atoms with Crippen LogP contribution < -0.4 is 4.74 Å². The Bertz CT molecular complexity index is 1100. The molecule has 4 rings (SSSR count). The normalized spacial score (nSPS) is 16.6.